The largest absolute Gasteiger partial charge is 0.394 e. The zero-order valence-corrected chi connectivity index (χ0v) is 19.7. The molecule has 3 aromatic rings. The van der Waals surface area contributed by atoms with Crippen LogP contribution in [0.1, 0.15) is 35.3 Å². The molecule has 2 aromatic heterocycles. The van der Waals surface area contributed by atoms with Crippen LogP contribution in [0.3, 0.4) is 0 Å². The van der Waals surface area contributed by atoms with Gasteiger partial charge < -0.3 is 4.74 Å². The Bertz CT molecular complexity index is 1330. The highest BCUT2D eigenvalue weighted by Crippen LogP contribution is 2.59. The van der Waals surface area contributed by atoms with Crippen LogP contribution in [0, 0.1) is 5.41 Å². The van der Waals surface area contributed by atoms with E-state index in [1.165, 1.54) is 41.1 Å². The second-order valence-corrected chi connectivity index (χ2v) is 10.1. The van der Waals surface area contributed by atoms with Crippen molar-refractivity contribution in [2.24, 2.45) is 5.41 Å². The van der Waals surface area contributed by atoms with Crippen LogP contribution in [0.2, 0.25) is 5.15 Å². The summed E-state index contributed by atoms with van der Waals surface area (Å²) in [5, 5.41) is 4.01. The van der Waals surface area contributed by atoms with Gasteiger partial charge in [0.05, 0.1) is 28.2 Å². The van der Waals surface area contributed by atoms with Crippen molar-refractivity contribution in [2.75, 3.05) is 6.61 Å². The minimum Gasteiger partial charge on any atom is -0.375 e. The third-order valence-corrected chi connectivity index (χ3v) is 7.30. The molecule has 0 saturated heterocycles. The number of aromatic nitrogens is 3. The summed E-state index contributed by atoms with van der Waals surface area (Å²) >= 11 is 6.12. The molecule has 0 aliphatic heterocycles. The van der Waals surface area contributed by atoms with Crippen LogP contribution in [0.5, 0.6) is 0 Å². The van der Waals surface area contributed by atoms with Crippen LogP contribution in [-0.4, -0.2) is 41.9 Å². The van der Waals surface area contributed by atoms with Crippen molar-refractivity contribution in [1.82, 2.24) is 19.5 Å². The number of carbonyl (C=O) groups excluding carboxylic acids is 1. The smallest absolute Gasteiger partial charge is 0.375 e. The van der Waals surface area contributed by atoms with Crippen molar-refractivity contribution in [1.29, 1.82) is 0 Å². The molecule has 1 aromatic carbocycles. The molecule has 0 unspecified atom stereocenters. The van der Waals surface area contributed by atoms with Crippen LogP contribution < -0.4 is 4.72 Å². The number of rotatable bonds is 9. The lowest BCUT2D eigenvalue weighted by atomic mass is 10.0. The lowest BCUT2D eigenvalue weighted by Gasteiger charge is -2.18. The van der Waals surface area contributed by atoms with E-state index in [2.05, 4.69) is 10.1 Å². The first kappa shape index (κ1) is 25.1. The normalized spacial score (nSPS) is 15.1. The minimum atomic E-state index is -4.21. The Hall–Kier alpha value is -2.96. The topological polar surface area (TPSA) is 103 Å². The fourth-order valence-electron chi connectivity index (χ4n) is 3.39. The predicted octanol–water partition coefficient (Wildman–Crippen LogP) is 4.29. The van der Waals surface area contributed by atoms with Gasteiger partial charge in [0.15, 0.2) is 5.82 Å². The molecule has 4 rings (SSSR count). The fraction of sp³-hybridized carbons (Fsp3) is 0.318. The van der Waals surface area contributed by atoms with E-state index in [1.54, 1.807) is 18.3 Å². The number of sulfonamides is 1. The molecule has 0 bridgehead atoms. The maximum Gasteiger partial charge on any atom is 0.394 e. The highest BCUT2D eigenvalue weighted by Gasteiger charge is 2.62. The second kappa shape index (κ2) is 9.59. The van der Waals surface area contributed by atoms with E-state index in [0.29, 0.717) is 5.69 Å². The minimum absolute atomic E-state index is 0.0203. The summed E-state index contributed by atoms with van der Waals surface area (Å²) in [7, 11) is -4.09. The van der Waals surface area contributed by atoms with E-state index >= 15 is 0 Å². The standard InChI is InChI=1S/C22H20ClF3N4O4S/c23-19-17(20(31)29-35(32,33)16-4-2-1-3-5-16)6-7-18(27-19)30-12-8-15(28-30)14-34-13-11-21(9-10-21)22(24,25)26/h1-8,12H,9-11,13-14H2,(H,29,31). The van der Waals surface area contributed by atoms with Gasteiger partial charge in [-0.15, -0.1) is 0 Å². The lowest BCUT2D eigenvalue weighted by molar-refractivity contribution is -0.192. The molecule has 1 N–H and O–H groups in total. The first-order chi connectivity index (χ1) is 16.5. The molecule has 186 valence electrons. The Morgan fingerprint density at radius 3 is 2.49 bits per heavy atom. The van der Waals surface area contributed by atoms with Gasteiger partial charge in [-0.2, -0.15) is 18.3 Å². The third-order valence-electron chi connectivity index (χ3n) is 5.67. The molecule has 1 aliphatic rings. The SMILES string of the molecule is O=C(NS(=O)(=O)c1ccccc1)c1ccc(-n2ccc(COCCC3(C(F)(F)F)CC3)n2)nc1Cl. The molecule has 0 spiro atoms. The van der Waals surface area contributed by atoms with Crippen LogP contribution in [0.4, 0.5) is 13.2 Å². The van der Waals surface area contributed by atoms with Crippen molar-refractivity contribution < 1.29 is 31.1 Å². The number of hydrogen-bond acceptors (Lipinski definition) is 6. The average molecular weight is 529 g/mol. The van der Waals surface area contributed by atoms with Crippen molar-refractivity contribution >= 4 is 27.5 Å². The summed E-state index contributed by atoms with van der Waals surface area (Å²) in [4.78, 5) is 16.5. The summed E-state index contributed by atoms with van der Waals surface area (Å²) in [5.74, 6) is -0.697. The highest BCUT2D eigenvalue weighted by molar-refractivity contribution is 7.90. The molecule has 35 heavy (non-hydrogen) atoms. The van der Waals surface area contributed by atoms with Crippen LogP contribution >= 0.6 is 11.6 Å². The van der Waals surface area contributed by atoms with Gasteiger partial charge in [-0.3, -0.25) is 4.79 Å². The molecular formula is C22H20ClF3N4O4S. The number of alkyl halides is 3. The first-order valence-corrected chi connectivity index (χ1v) is 12.4. The van der Waals surface area contributed by atoms with Gasteiger partial charge in [0.1, 0.15) is 5.15 Å². The molecule has 8 nitrogen and oxygen atoms in total. The first-order valence-electron chi connectivity index (χ1n) is 10.5. The monoisotopic (exact) mass is 528 g/mol. The van der Waals surface area contributed by atoms with E-state index < -0.39 is 27.5 Å². The quantitative estimate of drug-likeness (QED) is 0.328. The maximum absolute atomic E-state index is 13.0. The number of hydrogen-bond donors (Lipinski definition) is 1. The number of nitrogens with zero attached hydrogens (tertiary/aromatic N) is 3. The Balaban J connectivity index is 1.36. The summed E-state index contributed by atoms with van der Waals surface area (Å²) < 4.78 is 72.3. The number of amides is 1. The molecule has 0 atom stereocenters. The predicted molar refractivity (Wildman–Crippen MR) is 119 cm³/mol. The molecule has 2 heterocycles. The molecular weight excluding hydrogens is 509 g/mol. The van der Waals surface area contributed by atoms with Crippen LogP contribution in [0.25, 0.3) is 5.82 Å². The molecule has 1 amide bonds. The van der Waals surface area contributed by atoms with E-state index in [1.807, 2.05) is 4.72 Å². The highest BCUT2D eigenvalue weighted by atomic mass is 35.5. The van der Waals surface area contributed by atoms with Gasteiger partial charge in [0.2, 0.25) is 0 Å². The van der Waals surface area contributed by atoms with Crippen molar-refractivity contribution in [3.05, 3.63) is 71.1 Å². The maximum atomic E-state index is 13.0. The number of pyridine rings is 1. The van der Waals surface area contributed by atoms with Gasteiger partial charge in [-0.1, -0.05) is 29.8 Å². The van der Waals surface area contributed by atoms with Crippen molar-refractivity contribution in [3.63, 3.8) is 0 Å². The number of ether oxygens (including phenoxy) is 1. The van der Waals surface area contributed by atoms with Gasteiger partial charge in [-0.25, -0.2) is 22.8 Å². The zero-order chi connectivity index (χ0) is 25.3. The Kier molecular flexibility index (Phi) is 6.89. The van der Waals surface area contributed by atoms with Crippen molar-refractivity contribution in [2.45, 2.75) is 36.9 Å². The van der Waals surface area contributed by atoms with Gasteiger partial charge in [0.25, 0.3) is 15.9 Å². The molecule has 0 radical (unpaired) electrons. The summed E-state index contributed by atoms with van der Waals surface area (Å²) in [6, 6.07) is 11.7. The Labute approximate surface area is 204 Å². The fourth-order valence-corrected chi connectivity index (χ4v) is 4.62. The number of carbonyl (C=O) groups is 1. The lowest BCUT2D eigenvalue weighted by Crippen LogP contribution is -2.31. The van der Waals surface area contributed by atoms with Gasteiger partial charge >= 0.3 is 6.18 Å². The van der Waals surface area contributed by atoms with Crippen molar-refractivity contribution in [3.8, 4) is 5.82 Å². The number of halogens is 4. The zero-order valence-electron chi connectivity index (χ0n) is 18.1. The van der Waals surface area contributed by atoms with Gasteiger partial charge in [-0.05, 0) is 49.6 Å². The number of benzene rings is 1. The summed E-state index contributed by atoms with van der Waals surface area (Å²) in [6.07, 6.45) is -2.48. The van der Waals surface area contributed by atoms with E-state index in [-0.39, 0.29) is 53.9 Å². The molecule has 1 saturated carbocycles. The Morgan fingerprint density at radius 2 is 1.86 bits per heavy atom. The molecule has 1 aliphatic carbocycles. The average Bonchev–Trinajstić information content (AvgIpc) is 3.47. The van der Waals surface area contributed by atoms with Crippen LogP contribution in [0.15, 0.2) is 59.6 Å². The Morgan fingerprint density at radius 1 is 1.14 bits per heavy atom. The number of nitrogens with one attached hydrogen (secondary N) is 1. The van der Waals surface area contributed by atoms with Gasteiger partial charge in [0, 0.05) is 12.8 Å². The molecule has 1 fully saturated rings. The second-order valence-electron chi connectivity index (χ2n) is 8.09. The van der Waals surface area contributed by atoms with E-state index in [0.717, 1.165) is 0 Å². The summed E-state index contributed by atoms with van der Waals surface area (Å²) in [5.41, 5.74) is -1.29. The van der Waals surface area contributed by atoms with E-state index in [9.17, 15) is 26.4 Å². The molecule has 13 heteroatoms. The third kappa shape index (κ3) is 5.65. The van der Waals surface area contributed by atoms with Crippen LogP contribution in [-0.2, 0) is 21.4 Å². The summed E-state index contributed by atoms with van der Waals surface area (Å²) in [6.45, 7) is -0.0152. The van der Waals surface area contributed by atoms with E-state index in [4.69, 9.17) is 16.3 Å².